The van der Waals surface area contributed by atoms with Gasteiger partial charge >= 0.3 is 0 Å². The Kier molecular flexibility index (Phi) is 4.02. The number of aliphatic hydroxyl groups is 1. The lowest BCUT2D eigenvalue weighted by molar-refractivity contribution is 0.276. The largest absolute Gasteiger partial charge is 0.508 e. The summed E-state index contributed by atoms with van der Waals surface area (Å²) in [7, 11) is 0. The maximum Gasteiger partial charge on any atom is 0.127 e. The highest BCUT2D eigenvalue weighted by Gasteiger charge is 2.13. The second-order valence-electron chi connectivity index (χ2n) is 4.44. The Morgan fingerprint density at radius 2 is 1.95 bits per heavy atom. The van der Waals surface area contributed by atoms with Gasteiger partial charge in [0.1, 0.15) is 11.6 Å². The molecular weight excluding hydrogens is 245 g/mol. The third kappa shape index (κ3) is 3.23. The molecule has 0 amide bonds. The van der Waals surface area contributed by atoms with Crippen molar-refractivity contribution in [1.82, 2.24) is 0 Å². The van der Waals surface area contributed by atoms with Crippen molar-refractivity contribution < 1.29 is 14.6 Å². The third-order valence-electron chi connectivity index (χ3n) is 2.96. The van der Waals surface area contributed by atoms with Crippen LogP contribution in [0.3, 0.4) is 0 Å². The Hall–Kier alpha value is -2.07. The van der Waals surface area contributed by atoms with Gasteiger partial charge in [-0.05, 0) is 36.2 Å². The van der Waals surface area contributed by atoms with Crippen LogP contribution >= 0.6 is 0 Å². The van der Waals surface area contributed by atoms with Crippen molar-refractivity contribution >= 4 is 5.69 Å². The smallest absolute Gasteiger partial charge is 0.127 e. The van der Waals surface area contributed by atoms with Crippen LogP contribution in [0.1, 0.15) is 17.2 Å². The van der Waals surface area contributed by atoms with E-state index >= 15 is 0 Å². The van der Waals surface area contributed by atoms with Crippen molar-refractivity contribution in [3.05, 3.63) is 59.4 Å². The monoisotopic (exact) mass is 261 g/mol. The highest BCUT2D eigenvalue weighted by atomic mass is 19.1. The standard InChI is InChI=1S/C15H16FNO2/c1-10-4-2-3-5-14(10)17-15(9-18)11-6-12(16)8-13(19)7-11/h2-8,15,17-19H,9H2,1H3. The molecule has 0 saturated heterocycles. The van der Waals surface area contributed by atoms with Crippen LogP contribution in [0.2, 0.25) is 0 Å². The molecule has 0 aliphatic carbocycles. The Bertz CT molecular complexity index is 552. The van der Waals surface area contributed by atoms with E-state index in [2.05, 4.69) is 5.32 Å². The van der Waals surface area contributed by atoms with Crippen LogP contribution < -0.4 is 5.32 Å². The topological polar surface area (TPSA) is 52.5 Å². The predicted octanol–water partition coefficient (Wildman–Crippen LogP) is 2.99. The molecule has 1 atom stereocenters. The van der Waals surface area contributed by atoms with Crippen LogP contribution in [0.5, 0.6) is 5.75 Å². The van der Waals surface area contributed by atoms with Crippen LogP contribution in [-0.4, -0.2) is 16.8 Å². The molecule has 2 aromatic rings. The van der Waals surface area contributed by atoms with Gasteiger partial charge in [0.25, 0.3) is 0 Å². The lowest BCUT2D eigenvalue weighted by atomic mass is 10.1. The van der Waals surface area contributed by atoms with Crippen molar-refractivity contribution in [2.24, 2.45) is 0 Å². The Morgan fingerprint density at radius 1 is 1.21 bits per heavy atom. The number of para-hydroxylation sites is 1. The molecule has 2 aromatic carbocycles. The minimum absolute atomic E-state index is 0.153. The molecule has 0 bridgehead atoms. The number of phenolic OH excluding ortho intramolecular Hbond substituents is 1. The number of aryl methyl sites for hydroxylation is 1. The second kappa shape index (κ2) is 5.71. The van der Waals surface area contributed by atoms with E-state index in [0.717, 1.165) is 17.3 Å². The molecule has 2 rings (SSSR count). The second-order valence-corrected chi connectivity index (χ2v) is 4.44. The zero-order chi connectivity index (χ0) is 13.8. The van der Waals surface area contributed by atoms with Crippen molar-refractivity contribution in [2.75, 3.05) is 11.9 Å². The van der Waals surface area contributed by atoms with Crippen LogP contribution in [0.4, 0.5) is 10.1 Å². The molecule has 0 aromatic heterocycles. The molecule has 100 valence electrons. The number of phenols is 1. The molecule has 1 unspecified atom stereocenters. The van der Waals surface area contributed by atoms with E-state index in [-0.39, 0.29) is 12.4 Å². The number of nitrogens with one attached hydrogen (secondary N) is 1. The van der Waals surface area contributed by atoms with Crippen molar-refractivity contribution in [2.45, 2.75) is 13.0 Å². The van der Waals surface area contributed by atoms with Gasteiger partial charge in [0, 0.05) is 11.8 Å². The van der Waals surface area contributed by atoms with Crippen LogP contribution in [0.25, 0.3) is 0 Å². The summed E-state index contributed by atoms with van der Waals surface area (Å²) in [5.74, 6) is -0.680. The zero-order valence-electron chi connectivity index (χ0n) is 10.6. The van der Waals surface area contributed by atoms with Gasteiger partial charge in [0.05, 0.1) is 12.6 Å². The fourth-order valence-electron chi connectivity index (χ4n) is 1.95. The quantitative estimate of drug-likeness (QED) is 0.793. The minimum Gasteiger partial charge on any atom is -0.508 e. The Labute approximate surface area is 111 Å². The third-order valence-corrected chi connectivity index (χ3v) is 2.96. The average Bonchev–Trinajstić information content (AvgIpc) is 2.36. The highest BCUT2D eigenvalue weighted by Crippen LogP contribution is 2.25. The molecule has 3 N–H and O–H groups in total. The number of hydrogen-bond acceptors (Lipinski definition) is 3. The number of aromatic hydroxyl groups is 1. The van der Waals surface area contributed by atoms with E-state index in [0.29, 0.717) is 5.56 Å². The molecule has 0 aliphatic rings. The molecule has 0 heterocycles. The van der Waals surface area contributed by atoms with Gasteiger partial charge in [-0.1, -0.05) is 18.2 Å². The number of aliphatic hydroxyl groups excluding tert-OH is 1. The van der Waals surface area contributed by atoms with E-state index in [1.165, 1.54) is 12.1 Å². The van der Waals surface area contributed by atoms with E-state index in [1.807, 2.05) is 31.2 Å². The first-order valence-electron chi connectivity index (χ1n) is 6.02. The average molecular weight is 261 g/mol. The molecule has 0 spiro atoms. The summed E-state index contributed by atoms with van der Waals surface area (Å²) in [6, 6.07) is 10.9. The van der Waals surface area contributed by atoms with Crippen LogP contribution in [0.15, 0.2) is 42.5 Å². The number of halogens is 1. The Balaban J connectivity index is 2.28. The van der Waals surface area contributed by atoms with E-state index in [4.69, 9.17) is 0 Å². The van der Waals surface area contributed by atoms with Gasteiger partial charge < -0.3 is 15.5 Å². The molecule has 3 nitrogen and oxygen atoms in total. The fraction of sp³-hybridized carbons (Fsp3) is 0.200. The van der Waals surface area contributed by atoms with Crippen LogP contribution in [0, 0.1) is 12.7 Å². The first-order chi connectivity index (χ1) is 9.10. The van der Waals surface area contributed by atoms with E-state index in [9.17, 15) is 14.6 Å². The number of rotatable bonds is 4. The SMILES string of the molecule is Cc1ccccc1NC(CO)c1cc(O)cc(F)c1. The number of anilines is 1. The molecule has 0 aliphatic heterocycles. The van der Waals surface area contributed by atoms with Gasteiger partial charge in [-0.3, -0.25) is 0 Å². The molecule has 0 fully saturated rings. The molecule has 19 heavy (non-hydrogen) atoms. The van der Waals surface area contributed by atoms with E-state index < -0.39 is 11.9 Å². The minimum atomic E-state index is -0.528. The van der Waals surface area contributed by atoms with Gasteiger partial charge in [-0.25, -0.2) is 4.39 Å². The lowest BCUT2D eigenvalue weighted by Crippen LogP contribution is -2.15. The van der Waals surface area contributed by atoms with Crippen molar-refractivity contribution in [3.63, 3.8) is 0 Å². The van der Waals surface area contributed by atoms with Gasteiger partial charge in [0.15, 0.2) is 0 Å². The van der Waals surface area contributed by atoms with Gasteiger partial charge in [-0.15, -0.1) is 0 Å². The number of benzene rings is 2. The first kappa shape index (κ1) is 13.4. The Morgan fingerprint density at radius 3 is 2.58 bits per heavy atom. The fourth-order valence-corrected chi connectivity index (χ4v) is 1.95. The normalized spacial score (nSPS) is 12.2. The summed E-state index contributed by atoms with van der Waals surface area (Å²) in [4.78, 5) is 0. The summed E-state index contributed by atoms with van der Waals surface area (Å²) in [6.07, 6.45) is 0. The van der Waals surface area contributed by atoms with E-state index in [1.54, 1.807) is 0 Å². The molecule has 0 radical (unpaired) electrons. The van der Waals surface area contributed by atoms with Crippen LogP contribution in [-0.2, 0) is 0 Å². The summed E-state index contributed by atoms with van der Waals surface area (Å²) in [6.45, 7) is 1.75. The van der Waals surface area contributed by atoms with Crippen molar-refractivity contribution in [1.29, 1.82) is 0 Å². The maximum absolute atomic E-state index is 13.3. The molecular formula is C15H16FNO2. The lowest BCUT2D eigenvalue weighted by Gasteiger charge is -2.19. The van der Waals surface area contributed by atoms with Gasteiger partial charge in [-0.2, -0.15) is 0 Å². The summed E-state index contributed by atoms with van der Waals surface area (Å²) in [5, 5.41) is 22.0. The van der Waals surface area contributed by atoms with Crippen molar-refractivity contribution in [3.8, 4) is 5.75 Å². The number of hydrogen-bond donors (Lipinski definition) is 3. The summed E-state index contributed by atoms with van der Waals surface area (Å²) in [5.41, 5.74) is 2.40. The maximum atomic E-state index is 13.3. The predicted molar refractivity (Wildman–Crippen MR) is 72.7 cm³/mol. The summed E-state index contributed by atoms with van der Waals surface area (Å²) >= 11 is 0. The molecule has 4 heteroatoms. The first-order valence-corrected chi connectivity index (χ1v) is 6.02. The summed E-state index contributed by atoms with van der Waals surface area (Å²) < 4.78 is 13.3. The van der Waals surface area contributed by atoms with Gasteiger partial charge in [0.2, 0.25) is 0 Å². The highest BCUT2D eigenvalue weighted by molar-refractivity contribution is 5.52. The zero-order valence-corrected chi connectivity index (χ0v) is 10.6. The molecule has 0 saturated carbocycles.